The fraction of sp³-hybridized carbons (Fsp3) is 0.312. The largest absolute Gasteiger partial charge is 0.502 e. The number of nitrogens with zero attached hydrogens (tertiary/aromatic N) is 1. The molecule has 0 aliphatic heterocycles. The predicted octanol–water partition coefficient (Wildman–Crippen LogP) is 2.66. The molecular formula is C16H20N2O3. The van der Waals surface area contributed by atoms with Crippen LogP contribution in [0.5, 0.6) is 17.2 Å². The number of rotatable bonds is 6. The minimum atomic E-state index is 0.0176. The highest BCUT2D eigenvalue weighted by Crippen LogP contribution is 2.37. The summed E-state index contributed by atoms with van der Waals surface area (Å²) in [4.78, 5) is 4.11. The maximum absolute atomic E-state index is 9.89. The summed E-state index contributed by atoms with van der Waals surface area (Å²) in [5.41, 5.74) is 2.09. The van der Waals surface area contributed by atoms with Crippen molar-refractivity contribution >= 4 is 0 Å². The van der Waals surface area contributed by atoms with Gasteiger partial charge in [0.1, 0.15) is 0 Å². The van der Waals surface area contributed by atoms with Crippen molar-refractivity contribution < 1.29 is 14.6 Å². The van der Waals surface area contributed by atoms with Gasteiger partial charge >= 0.3 is 0 Å². The molecule has 0 aliphatic rings. The van der Waals surface area contributed by atoms with Gasteiger partial charge in [0.25, 0.3) is 0 Å². The molecule has 0 amide bonds. The molecule has 5 nitrogen and oxygen atoms in total. The van der Waals surface area contributed by atoms with Crippen molar-refractivity contribution in [2.75, 3.05) is 14.2 Å². The standard InChI is InChI=1S/C16H20N2O3/c1-11(13-5-4-6-17-10-13)18-9-12-7-14(20-2)16(19)15(8-12)21-3/h4-8,10-11,18-19H,9H2,1-3H3/t11-/m0/s1. The molecule has 0 saturated heterocycles. The van der Waals surface area contributed by atoms with Gasteiger partial charge in [0.2, 0.25) is 5.75 Å². The highest BCUT2D eigenvalue weighted by atomic mass is 16.5. The zero-order valence-electron chi connectivity index (χ0n) is 12.5. The smallest absolute Gasteiger partial charge is 0.200 e. The maximum Gasteiger partial charge on any atom is 0.200 e. The number of hydrogen-bond donors (Lipinski definition) is 2. The Kier molecular flexibility index (Phi) is 5.00. The van der Waals surface area contributed by atoms with Crippen LogP contribution in [0, 0.1) is 0 Å². The van der Waals surface area contributed by atoms with Gasteiger partial charge < -0.3 is 19.9 Å². The molecule has 1 aromatic carbocycles. The average Bonchev–Trinajstić information content (AvgIpc) is 2.54. The van der Waals surface area contributed by atoms with Gasteiger partial charge in [-0.25, -0.2) is 0 Å². The Morgan fingerprint density at radius 1 is 1.24 bits per heavy atom. The first kappa shape index (κ1) is 15.1. The molecule has 0 aliphatic carbocycles. The number of aromatic nitrogens is 1. The molecule has 0 bridgehead atoms. The first-order valence-corrected chi connectivity index (χ1v) is 6.73. The van der Waals surface area contributed by atoms with Gasteiger partial charge in [-0.3, -0.25) is 4.98 Å². The van der Waals surface area contributed by atoms with Crippen LogP contribution < -0.4 is 14.8 Å². The van der Waals surface area contributed by atoms with E-state index < -0.39 is 0 Å². The summed E-state index contributed by atoms with van der Waals surface area (Å²) in [5.74, 6) is 0.824. The maximum atomic E-state index is 9.89. The Morgan fingerprint density at radius 3 is 2.43 bits per heavy atom. The van der Waals surface area contributed by atoms with E-state index in [4.69, 9.17) is 9.47 Å². The van der Waals surface area contributed by atoms with Crippen molar-refractivity contribution in [3.63, 3.8) is 0 Å². The zero-order valence-corrected chi connectivity index (χ0v) is 12.5. The summed E-state index contributed by atoms with van der Waals surface area (Å²) in [6.45, 7) is 2.70. The van der Waals surface area contributed by atoms with E-state index in [0.29, 0.717) is 18.0 Å². The molecule has 1 aromatic heterocycles. The summed E-state index contributed by atoms with van der Waals surface area (Å²) < 4.78 is 10.3. The van der Waals surface area contributed by atoms with E-state index in [2.05, 4.69) is 17.2 Å². The third-order valence-corrected chi connectivity index (χ3v) is 3.34. The fourth-order valence-corrected chi connectivity index (χ4v) is 2.07. The molecule has 2 rings (SSSR count). The van der Waals surface area contributed by atoms with Crippen molar-refractivity contribution in [1.82, 2.24) is 10.3 Å². The summed E-state index contributed by atoms with van der Waals surface area (Å²) in [5, 5.41) is 13.3. The van der Waals surface area contributed by atoms with Crippen molar-refractivity contribution in [3.05, 3.63) is 47.8 Å². The summed E-state index contributed by atoms with van der Waals surface area (Å²) in [6, 6.07) is 7.70. The second kappa shape index (κ2) is 6.95. The van der Waals surface area contributed by atoms with E-state index in [-0.39, 0.29) is 11.8 Å². The van der Waals surface area contributed by atoms with E-state index in [1.165, 1.54) is 14.2 Å². The third-order valence-electron chi connectivity index (χ3n) is 3.34. The molecule has 1 heterocycles. The highest BCUT2D eigenvalue weighted by Gasteiger charge is 2.12. The van der Waals surface area contributed by atoms with Crippen LogP contribution in [0.2, 0.25) is 0 Å². The fourth-order valence-electron chi connectivity index (χ4n) is 2.07. The van der Waals surface area contributed by atoms with Gasteiger partial charge in [-0.15, -0.1) is 0 Å². The van der Waals surface area contributed by atoms with Crippen LogP contribution in [-0.2, 0) is 6.54 Å². The van der Waals surface area contributed by atoms with Crippen molar-refractivity contribution in [2.45, 2.75) is 19.5 Å². The molecule has 2 aromatic rings. The van der Waals surface area contributed by atoms with Gasteiger partial charge in [0, 0.05) is 25.0 Å². The lowest BCUT2D eigenvalue weighted by Crippen LogP contribution is -2.18. The molecule has 0 saturated carbocycles. The third kappa shape index (κ3) is 3.64. The van der Waals surface area contributed by atoms with Gasteiger partial charge in [-0.1, -0.05) is 6.07 Å². The van der Waals surface area contributed by atoms with E-state index >= 15 is 0 Å². The molecule has 0 unspecified atom stereocenters. The van der Waals surface area contributed by atoms with Crippen LogP contribution in [0.25, 0.3) is 0 Å². The minimum Gasteiger partial charge on any atom is -0.502 e. The van der Waals surface area contributed by atoms with Gasteiger partial charge in [0.05, 0.1) is 14.2 Å². The van der Waals surface area contributed by atoms with Crippen LogP contribution in [-0.4, -0.2) is 24.3 Å². The minimum absolute atomic E-state index is 0.0176. The second-order valence-corrected chi connectivity index (χ2v) is 4.74. The molecule has 112 valence electrons. The molecule has 0 spiro atoms. The number of methoxy groups -OCH3 is 2. The van der Waals surface area contributed by atoms with E-state index in [1.54, 1.807) is 18.3 Å². The second-order valence-electron chi connectivity index (χ2n) is 4.74. The van der Waals surface area contributed by atoms with Crippen molar-refractivity contribution in [1.29, 1.82) is 0 Å². The van der Waals surface area contributed by atoms with E-state index in [9.17, 15) is 5.11 Å². The Labute approximate surface area is 124 Å². The van der Waals surface area contributed by atoms with E-state index in [0.717, 1.165) is 11.1 Å². The van der Waals surface area contributed by atoms with Crippen LogP contribution in [0.3, 0.4) is 0 Å². The summed E-state index contributed by atoms with van der Waals surface area (Å²) in [6.07, 6.45) is 3.60. The average molecular weight is 288 g/mol. The summed E-state index contributed by atoms with van der Waals surface area (Å²) >= 11 is 0. The first-order chi connectivity index (χ1) is 10.2. The number of phenolic OH excluding ortho intramolecular Hbond substituents is 1. The lowest BCUT2D eigenvalue weighted by atomic mass is 10.1. The number of ether oxygens (including phenoxy) is 2. The highest BCUT2D eigenvalue weighted by molar-refractivity contribution is 5.52. The van der Waals surface area contributed by atoms with Crippen molar-refractivity contribution in [2.24, 2.45) is 0 Å². The predicted molar refractivity (Wildman–Crippen MR) is 80.7 cm³/mol. The number of benzene rings is 1. The Bertz CT molecular complexity index is 562. The van der Waals surface area contributed by atoms with Gasteiger partial charge in [-0.2, -0.15) is 0 Å². The quantitative estimate of drug-likeness (QED) is 0.855. The molecule has 0 radical (unpaired) electrons. The lowest BCUT2D eigenvalue weighted by molar-refractivity contribution is 0.339. The van der Waals surface area contributed by atoms with Crippen molar-refractivity contribution in [3.8, 4) is 17.2 Å². The molecule has 2 N–H and O–H groups in total. The number of pyridine rings is 1. The zero-order chi connectivity index (χ0) is 15.2. The summed E-state index contributed by atoms with van der Waals surface area (Å²) in [7, 11) is 3.04. The van der Waals surface area contributed by atoms with Gasteiger partial charge in [-0.05, 0) is 36.2 Å². The normalized spacial score (nSPS) is 12.0. The molecule has 1 atom stereocenters. The van der Waals surface area contributed by atoms with Crippen LogP contribution in [0.4, 0.5) is 0 Å². The number of aromatic hydroxyl groups is 1. The SMILES string of the molecule is COc1cc(CN[C@@H](C)c2cccnc2)cc(OC)c1O. The Balaban J connectivity index is 2.09. The van der Waals surface area contributed by atoms with Crippen LogP contribution in [0.15, 0.2) is 36.7 Å². The monoisotopic (exact) mass is 288 g/mol. The molecule has 21 heavy (non-hydrogen) atoms. The van der Waals surface area contributed by atoms with Crippen LogP contribution >= 0.6 is 0 Å². The van der Waals surface area contributed by atoms with E-state index in [1.807, 2.05) is 18.3 Å². The number of nitrogens with one attached hydrogen (secondary N) is 1. The first-order valence-electron chi connectivity index (χ1n) is 6.73. The Morgan fingerprint density at radius 2 is 1.90 bits per heavy atom. The lowest BCUT2D eigenvalue weighted by Gasteiger charge is -2.15. The van der Waals surface area contributed by atoms with Gasteiger partial charge in [0.15, 0.2) is 11.5 Å². The Hall–Kier alpha value is -2.27. The topological polar surface area (TPSA) is 63.6 Å². The van der Waals surface area contributed by atoms with Crippen LogP contribution in [0.1, 0.15) is 24.1 Å². The molecular weight excluding hydrogens is 268 g/mol. The molecule has 0 fully saturated rings. The molecule has 5 heteroatoms. The number of hydrogen-bond acceptors (Lipinski definition) is 5. The number of phenols is 1.